The monoisotopic (exact) mass is 1680 g/mol. The first-order valence-electron chi connectivity index (χ1n) is 47.3. The lowest BCUT2D eigenvalue weighted by molar-refractivity contribution is -0.360. The zero-order chi connectivity index (χ0) is 84.7. The van der Waals surface area contributed by atoms with E-state index in [2.05, 4.69) is 27.7 Å². The Hall–Kier alpha value is -2.53. The molecule has 1 aliphatic carbocycles. The van der Waals surface area contributed by atoms with Crippen LogP contribution in [0.15, 0.2) is 0 Å². The van der Waals surface area contributed by atoms with Gasteiger partial charge in [0.2, 0.25) is 0 Å². The summed E-state index contributed by atoms with van der Waals surface area (Å²) < 4.78 is 73.4. The van der Waals surface area contributed by atoms with E-state index in [-0.39, 0.29) is 25.7 Å². The molecule has 116 heavy (non-hydrogen) atoms. The Morgan fingerprint density at radius 2 is 0.595 bits per heavy atom. The predicted molar refractivity (Wildman–Crippen MR) is 449 cm³/mol. The molecule has 0 radical (unpaired) electrons. The number of esters is 4. The van der Waals surface area contributed by atoms with Crippen molar-refractivity contribution >= 4 is 31.7 Å². The van der Waals surface area contributed by atoms with Crippen molar-refractivity contribution in [2.24, 2.45) is 0 Å². The van der Waals surface area contributed by atoms with Gasteiger partial charge in [0.25, 0.3) is 0 Å². The molecular formula is C90H169O25P. The quantitative estimate of drug-likeness (QED) is 0.0117. The largest absolute Gasteiger partial charge is 0.472 e. The molecule has 2 heterocycles. The number of phosphoric acid groups is 1. The molecule has 0 aromatic heterocycles. The van der Waals surface area contributed by atoms with Crippen molar-refractivity contribution in [2.75, 3.05) is 26.4 Å². The summed E-state index contributed by atoms with van der Waals surface area (Å²) in [6.07, 6.45) is 26.7. The molecule has 26 heteroatoms. The summed E-state index contributed by atoms with van der Waals surface area (Å²) in [7, 11) is -5.80. The lowest BCUT2D eigenvalue weighted by atomic mass is 9.84. The highest BCUT2D eigenvalue weighted by atomic mass is 31.2. The molecule has 0 spiro atoms. The SMILES string of the molecule is CCCCCCCCCCCCCCCCCCC(=O)OCC(COP(=O)(O)OC1C(OC2OC(CO)C(O)C(O)C2O)C(O)C(O)C(OC(=O)CCCCCCCCCCCCCCC)C1OC1OC(COC(=O)CCCCCCCCCCCCCCC)C(O)C(O)C1O)OC(=O)CCCCCCCCCCCCCCCCC. The molecule has 2 saturated heterocycles. The smallest absolute Gasteiger partial charge is 0.463 e. The first-order chi connectivity index (χ1) is 56.2. The fourth-order valence-corrected chi connectivity index (χ4v) is 16.8. The Labute approximate surface area is 699 Å². The van der Waals surface area contributed by atoms with Crippen molar-refractivity contribution in [3.8, 4) is 0 Å². The number of carbonyl (C=O) groups is 4. The molecule has 1 saturated carbocycles. The van der Waals surface area contributed by atoms with Gasteiger partial charge in [-0.3, -0.25) is 28.2 Å². The van der Waals surface area contributed by atoms with Gasteiger partial charge in [-0.05, 0) is 25.7 Å². The Morgan fingerprint density at radius 1 is 0.310 bits per heavy atom. The molecule has 2 aliphatic heterocycles. The maximum atomic E-state index is 14.9. The number of aliphatic hydroxyl groups excluding tert-OH is 9. The topological polar surface area (TPSA) is 380 Å². The minimum Gasteiger partial charge on any atom is -0.463 e. The van der Waals surface area contributed by atoms with Crippen LogP contribution < -0.4 is 0 Å². The number of aliphatic hydroxyl groups is 9. The second kappa shape index (κ2) is 69.8. The fraction of sp³-hybridized carbons (Fsp3) is 0.956. The molecule has 18 atom stereocenters. The Morgan fingerprint density at radius 3 is 0.940 bits per heavy atom. The third-order valence-corrected chi connectivity index (χ3v) is 24.3. The molecule has 25 nitrogen and oxygen atoms in total. The van der Waals surface area contributed by atoms with Crippen molar-refractivity contribution < 1.29 is 122 Å². The van der Waals surface area contributed by atoms with Crippen LogP contribution in [-0.2, 0) is 70.7 Å². The minimum absolute atomic E-state index is 0.0198. The number of rotatable bonds is 77. The van der Waals surface area contributed by atoms with Crippen LogP contribution in [0.2, 0.25) is 0 Å². The van der Waals surface area contributed by atoms with Crippen molar-refractivity contribution in [2.45, 2.75) is 524 Å². The molecule has 10 N–H and O–H groups in total. The third kappa shape index (κ3) is 49.7. The summed E-state index contributed by atoms with van der Waals surface area (Å²) in [5.41, 5.74) is 0. The zero-order valence-corrected chi connectivity index (χ0v) is 73.7. The highest BCUT2D eigenvalue weighted by molar-refractivity contribution is 7.47. The Bertz CT molecular complexity index is 2410. The first-order valence-corrected chi connectivity index (χ1v) is 48.8. The molecule has 3 fully saturated rings. The number of carbonyl (C=O) groups excluding carboxylic acids is 4. The molecular weight excluding hydrogens is 1510 g/mol. The summed E-state index contributed by atoms with van der Waals surface area (Å²) in [5, 5.41) is 102. The molecule has 684 valence electrons. The van der Waals surface area contributed by atoms with E-state index in [1.54, 1.807) is 0 Å². The normalized spacial score (nSPS) is 25.1. The molecule has 0 bridgehead atoms. The van der Waals surface area contributed by atoms with E-state index in [1.165, 1.54) is 205 Å². The van der Waals surface area contributed by atoms with Crippen molar-refractivity contribution in [1.29, 1.82) is 0 Å². The van der Waals surface area contributed by atoms with Crippen LogP contribution in [-0.4, -0.2) is 205 Å². The predicted octanol–water partition coefficient (Wildman–Crippen LogP) is 17.4. The second-order valence-electron chi connectivity index (χ2n) is 33.9. The Kier molecular flexibility index (Phi) is 64.8. The number of hydrogen-bond donors (Lipinski definition) is 10. The van der Waals surface area contributed by atoms with E-state index < -0.39 is 162 Å². The second-order valence-corrected chi connectivity index (χ2v) is 35.3. The summed E-state index contributed by atoms with van der Waals surface area (Å²) >= 11 is 0. The van der Waals surface area contributed by atoms with Gasteiger partial charge in [-0.2, -0.15) is 0 Å². The number of ether oxygens (including phenoxy) is 8. The standard InChI is InChI=1S/C90H169O25P/c1-5-9-13-17-21-25-29-33-35-37-40-43-46-50-54-58-62-73(92)106-67-70(109-75(94)64-60-56-52-48-45-41-36-34-30-26-22-18-14-10-6-2)68-108-116(104,105)115-88-86(113-89-83(102)79(98)77(96)71(66-91)110-89)82(101)81(100)85(112-76(95)65-61-57-53-49-44-39-32-28-24-20-16-12-8-4)87(88)114-90-84(103)80(99)78(97)72(111-90)69-107-74(93)63-59-55-51-47-42-38-31-27-23-19-15-11-7-3/h70-72,77-91,96-103H,5-69H2,1-4H3,(H,104,105). The van der Waals surface area contributed by atoms with E-state index >= 15 is 0 Å². The third-order valence-electron chi connectivity index (χ3n) is 23.4. The van der Waals surface area contributed by atoms with Gasteiger partial charge < -0.3 is 88.7 Å². The van der Waals surface area contributed by atoms with Crippen LogP contribution in [0.3, 0.4) is 0 Å². The van der Waals surface area contributed by atoms with Crippen LogP contribution in [0.25, 0.3) is 0 Å². The van der Waals surface area contributed by atoms with Crippen molar-refractivity contribution in [3.63, 3.8) is 0 Å². The van der Waals surface area contributed by atoms with Crippen LogP contribution in [0.5, 0.6) is 0 Å². The number of hydrogen-bond acceptors (Lipinski definition) is 24. The lowest BCUT2D eigenvalue weighted by Crippen LogP contribution is -2.70. The van der Waals surface area contributed by atoms with Crippen LogP contribution in [0, 0.1) is 0 Å². The minimum atomic E-state index is -5.80. The summed E-state index contributed by atoms with van der Waals surface area (Å²) in [5.74, 6) is -2.94. The van der Waals surface area contributed by atoms with Gasteiger partial charge in [0.15, 0.2) is 24.8 Å². The maximum Gasteiger partial charge on any atom is 0.472 e. The average molecular weight is 1680 g/mol. The average Bonchev–Trinajstić information content (AvgIpc) is 0.754. The van der Waals surface area contributed by atoms with Crippen molar-refractivity contribution in [3.05, 3.63) is 0 Å². The van der Waals surface area contributed by atoms with Crippen molar-refractivity contribution in [1.82, 2.24) is 0 Å². The van der Waals surface area contributed by atoms with Crippen LogP contribution in [0.4, 0.5) is 0 Å². The van der Waals surface area contributed by atoms with Gasteiger partial charge in [-0.1, -0.05) is 368 Å². The molecule has 0 amide bonds. The molecule has 3 rings (SSSR count). The van der Waals surface area contributed by atoms with Gasteiger partial charge in [0.05, 0.1) is 13.2 Å². The number of phosphoric ester groups is 1. The van der Waals surface area contributed by atoms with Gasteiger partial charge >= 0.3 is 31.7 Å². The summed E-state index contributed by atoms with van der Waals surface area (Å²) in [4.78, 5) is 66.4. The van der Waals surface area contributed by atoms with E-state index in [1.807, 2.05) is 0 Å². The highest BCUT2D eigenvalue weighted by Crippen LogP contribution is 2.49. The maximum absolute atomic E-state index is 14.9. The van der Waals surface area contributed by atoms with Crippen LogP contribution in [0.1, 0.15) is 419 Å². The first kappa shape index (κ1) is 108. The van der Waals surface area contributed by atoms with Gasteiger partial charge in [0.1, 0.15) is 92.6 Å². The van der Waals surface area contributed by atoms with E-state index in [4.69, 9.17) is 46.9 Å². The lowest BCUT2D eigenvalue weighted by Gasteiger charge is -2.50. The number of unbranched alkanes of at least 4 members (excludes halogenated alkanes) is 53. The van der Waals surface area contributed by atoms with Crippen LogP contribution >= 0.6 is 7.82 Å². The molecule has 18 unspecified atom stereocenters. The van der Waals surface area contributed by atoms with Gasteiger partial charge in [0, 0.05) is 25.7 Å². The molecule has 0 aromatic rings. The van der Waals surface area contributed by atoms with E-state index in [0.29, 0.717) is 32.1 Å². The van der Waals surface area contributed by atoms with Gasteiger partial charge in [-0.25, -0.2) is 4.57 Å². The summed E-state index contributed by atoms with van der Waals surface area (Å²) in [6, 6.07) is 0. The molecule has 0 aromatic carbocycles. The molecule has 3 aliphatic rings. The zero-order valence-electron chi connectivity index (χ0n) is 72.8. The fourth-order valence-electron chi connectivity index (χ4n) is 15.8. The van der Waals surface area contributed by atoms with E-state index in [0.717, 1.165) is 128 Å². The highest BCUT2D eigenvalue weighted by Gasteiger charge is 2.60. The summed E-state index contributed by atoms with van der Waals surface area (Å²) in [6.45, 7) is 5.63. The van der Waals surface area contributed by atoms with E-state index in [9.17, 15) is 74.6 Å². The Balaban J connectivity index is 1.91. The van der Waals surface area contributed by atoms with Gasteiger partial charge in [-0.15, -0.1) is 0 Å².